The van der Waals surface area contributed by atoms with Crippen LogP contribution in [0.5, 0.6) is 5.75 Å². The molecule has 1 aromatic heterocycles. The number of anilines is 1. The third-order valence-electron chi connectivity index (χ3n) is 4.15. The fraction of sp³-hybridized carbons (Fsp3) is 0.0870. The Balaban J connectivity index is 1.63. The number of benzene rings is 2. The van der Waals surface area contributed by atoms with Crippen LogP contribution in [0.2, 0.25) is 0 Å². The van der Waals surface area contributed by atoms with Gasteiger partial charge in [0.05, 0.1) is 18.4 Å². The molecule has 0 unspecified atom stereocenters. The van der Waals surface area contributed by atoms with E-state index in [0.29, 0.717) is 17.8 Å². The summed E-state index contributed by atoms with van der Waals surface area (Å²) in [7, 11) is 1.60. The molecule has 2 aromatic carbocycles. The molecule has 0 bridgehead atoms. The van der Waals surface area contributed by atoms with Crippen molar-refractivity contribution in [3.05, 3.63) is 95.8 Å². The Kier molecular flexibility index (Phi) is 6.73. The summed E-state index contributed by atoms with van der Waals surface area (Å²) in [6.45, 7) is 0.353. The van der Waals surface area contributed by atoms with Gasteiger partial charge in [0.1, 0.15) is 5.75 Å². The number of para-hydroxylation sites is 1. The summed E-state index contributed by atoms with van der Waals surface area (Å²) in [4.78, 5) is 28.9. The van der Waals surface area contributed by atoms with Crippen molar-refractivity contribution in [2.75, 3.05) is 12.4 Å². The molecule has 29 heavy (non-hydrogen) atoms. The van der Waals surface area contributed by atoms with Gasteiger partial charge in [-0.1, -0.05) is 30.3 Å². The first-order valence-corrected chi connectivity index (χ1v) is 9.05. The largest absolute Gasteiger partial charge is 0.497 e. The topological polar surface area (TPSA) is 80.3 Å². The lowest BCUT2D eigenvalue weighted by Gasteiger charge is -2.10. The Hall–Kier alpha value is -3.93. The number of carbonyl (C=O) groups is 2. The van der Waals surface area contributed by atoms with Crippen molar-refractivity contribution < 1.29 is 14.3 Å². The molecule has 0 saturated heterocycles. The highest BCUT2D eigenvalue weighted by molar-refractivity contribution is 6.07. The maximum Gasteiger partial charge on any atom is 0.253 e. The van der Waals surface area contributed by atoms with Crippen LogP contribution in [0.3, 0.4) is 0 Å². The van der Waals surface area contributed by atoms with Crippen LogP contribution in [0.25, 0.3) is 6.08 Å². The molecule has 6 heteroatoms. The number of hydrogen-bond donors (Lipinski definition) is 2. The molecular formula is C23H21N3O3. The predicted molar refractivity (Wildman–Crippen MR) is 113 cm³/mol. The lowest BCUT2D eigenvalue weighted by molar-refractivity contribution is -0.111. The van der Waals surface area contributed by atoms with Crippen LogP contribution >= 0.6 is 0 Å². The van der Waals surface area contributed by atoms with Crippen LogP contribution in [-0.2, 0) is 11.3 Å². The van der Waals surface area contributed by atoms with E-state index in [4.69, 9.17) is 4.74 Å². The quantitative estimate of drug-likeness (QED) is 0.606. The van der Waals surface area contributed by atoms with Gasteiger partial charge in [-0.2, -0.15) is 0 Å². The number of nitrogens with zero attached hydrogens (tertiary/aromatic N) is 1. The molecule has 146 valence electrons. The van der Waals surface area contributed by atoms with E-state index in [9.17, 15) is 9.59 Å². The second-order valence-corrected chi connectivity index (χ2v) is 6.19. The van der Waals surface area contributed by atoms with Gasteiger partial charge in [0, 0.05) is 25.0 Å². The molecule has 2 amide bonds. The first-order valence-electron chi connectivity index (χ1n) is 9.05. The Morgan fingerprint density at radius 2 is 1.83 bits per heavy atom. The molecule has 2 N–H and O–H groups in total. The maximum absolute atomic E-state index is 12.5. The SMILES string of the molecule is COc1ccc(/C=C/C(=O)Nc2ccccc2C(=O)NCc2cccnc2)cc1. The third kappa shape index (κ3) is 5.77. The normalized spacial score (nSPS) is 10.5. The second-order valence-electron chi connectivity index (χ2n) is 6.19. The Bertz CT molecular complexity index is 999. The zero-order chi connectivity index (χ0) is 20.5. The molecule has 0 atom stereocenters. The fourth-order valence-corrected chi connectivity index (χ4v) is 2.63. The maximum atomic E-state index is 12.5. The number of pyridine rings is 1. The molecule has 3 aromatic rings. The number of ether oxygens (including phenoxy) is 1. The number of amides is 2. The van der Waals surface area contributed by atoms with Crippen LogP contribution in [0, 0.1) is 0 Å². The van der Waals surface area contributed by atoms with Crippen molar-refractivity contribution >= 4 is 23.6 Å². The van der Waals surface area contributed by atoms with E-state index < -0.39 is 0 Å². The summed E-state index contributed by atoms with van der Waals surface area (Å²) in [5.41, 5.74) is 2.59. The molecule has 0 saturated carbocycles. The highest BCUT2D eigenvalue weighted by Crippen LogP contribution is 2.16. The van der Waals surface area contributed by atoms with Gasteiger partial charge in [-0.25, -0.2) is 0 Å². The molecule has 0 aliphatic heterocycles. The van der Waals surface area contributed by atoms with Gasteiger partial charge in [-0.05, 0) is 47.5 Å². The van der Waals surface area contributed by atoms with E-state index in [1.807, 2.05) is 36.4 Å². The predicted octanol–water partition coefficient (Wildman–Crippen LogP) is 3.67. The van der Waals surface area contributed by atoms with E-state index in [0.717, 1.165) is 16.9 Å². The van der Waals surface area contributed by atoms with Crippen LogP contribution < -0.4 is 15.4 Å². The van der Waals surface area contributed by atoms with Crippen LogP contribution in [-0.4, -0.2) is 23.9 Å². The smallest absolute Gasteiger partial charge is 0.253 e. The fourth-order valence-electron chi connectivity index (χ4n) is 2.63. The Morgan fingerprint density at radius 1 is 1.03 bits per heavy atom. The molecule has 1 heterocycles. The van der Waals surface area contributed by atoms with Gasteiger partial charge in [-0.15, -0.1) is 0 Å². The highest BCUT2D eigenvalue weighted by Gasteiger charge is 2.12. The molecule has 0 spiro atoms. The van der Waals surface area contributed by atoms with Crippen molar-refractivity contribution in [3.63, 3.8) is 0 Å². The lowest BCUT2D eigenvalue weighted by atomic mass is 10.1. The van der Waals surface area contributed by atoms with Gasteiger partial charge < -0.3 is 15.4 Å². The van der Waals surface area contributed by atoms with Crippen molar-refractivity contribution in [1.82, 2.24) is 10.3 Å². The summed E-state index contributed by atoms with van der Waals surface area (Å²) < 4.78 is 5.11. The molecule has 0 aliphatic rings. The minimum Gasteiger partial charge on any atom is -0.497 e. The number of nitrogens with one attached hydrogen (secondary N) is 2. The van der Waals surface area contributed by atoms with Crippen LogP contribution in [0.1, 0.15) is 21.5 Å². The van der Waals surface area contributed by atoms with Crippen LogP contribution in [0.4, 0.5) is 5.69 Å². The lowest BCUT2D eigenvalue weighted by Crippen LogP contribution is -2.24. The highest BCUT2D eigenvalue weighted by atomic mass is 16.5. The van der Waals surface area contributed by atoms with Crippen molar-refractivity contribution in [1.29, 1.82) is 0 Å². The standard InChI is InChI=1S/C23H21N3O3/c1-29-19-11-8-17(9-12-19)10-13-22(27)26-21-7-3-2-6-20(21)23(28)25-16-18-5-4-14-24-15-18/h2-15H,16H2,1H3,(H,25,28)(H,26,27)/b13-10+. The van der Waals surface area contributed by atoms with Crippen LogP contribution in [0.15, 0.2) is 79.1 Å². The Morgan fingerprint density at radius 3 is 2.55 bits per heavy atom. The van der Waals surface area contributed by atoms with Crippen molar-refractivity contribution in [3.8, 4) is 5.75 Å². The summed E-state index contributed by atoms with van der Waals surface area (Å²) in [6.07, 6.45) is 6.49. The first-order chi connectivity index (χ1) is 14.2. The molecule has 6 nitrogen and oxygen atoms in total. The van der Waals surface area contributed by atoms with Crippen molar-refractivity contribution in [2.45, 2.75) is 6.54 Å². The second kappa shape index (κ2) is 9.85. The zero-order valence-electron chi connectivity index (χ0n) is 16.0. The van der Waals surface area contributed by atoms with E-state index in [1.54, 1.807) is 49.8 Å². The number of aromatic nitrogens is 1. The number of carbonyl (C=O) groups excluding carboxylic acids is 2. The minimum absolute atomic E-state index is 0.274. The van der Waals surface area contributed by atoms with E-state index in [2.05, 4.69) is 15.6 Å². The van der Waals surface area contributed by atoms with E-state index in [1.165, 1.54) is 6.08 Å². The van der Waals surface area contributed by atoms with Gasteiger partial charge >= 0.3 is 0 Å². The monoisotopic (exact) mass is 387 g/mol. The van der Waals surface area contributed by atoms with Gasteiger partial charge in [0.25, 0.3) is 5.91 Å². The van der Waals surface area contributed by atoms with E-state index >= 15 is 0 Å². The summed E-state index contributed by atoms with van der Waals surface area (Å²) in [5.74, 6) is 0.148. The first kappa shape index (κ1) is 19.8. The average Bonchev–Trinajstić information content (AvgIpc) is 2.77. The molecule has 3 rings (SSSR count). The minimum atomic E-state index is -0.326. The summed E-state index contributed by atoms with van der Waals surface area (Å²) in [6, 6.07) is 17.9. The summed E-state index contributed by atoms with van der Waals surface area (Å²) >= 11 is 0. The van der Waals surface area contributed by atoms with Gasteiger partial charge in [0.15, 0.2) is 0 Å². The van der Waals surface area contributed by atoms with Gasteiger partial charge in [-0.3, -0.25) is 14.6 Å². The zero-order valence-corrected chi connectivity index (χ0v) is 16.0. The number of rotatable bonds is 7. The number of hydrogen-bond acceptors (Lipinski definition) is 4. The Labute approximate surface area is 169 Å². The molecule has 0 aliphatic carbocycles. The molecular weight excluding hydrogens is 366 g/mol. The number of methoxy groups -OCH3 is 1. The average molecular weight is 387 g/mol. The van der Waals surface area contributed by atoms with E-state index in [-0.39, 0.29) is 11.8 Å². The summed E-state index contributed by atoms with van der Waals surface area (Å²) in [5, 5.41) is 5.60. The molecule has 0 fully saturated rings. The van der Waals surface area contributed by atoms with Crippen molar-refractivity contribution in [2.24, 2.45) is 0 Å². The molecule has 0 radical (unpaired) electrons. The third-order valence-corrected chi connectivity index (χ3v) is 4.15. The van der Waals surface area contributed by atoms with Gasteiger partial charge in [0.2, 0.25) is 5.91 Å².